The van der Waals surface area contributed by atoms with E-state index in [0.717, 1.165) is 16.8 Å². The second-order valence-corrected chi connectivity index (χ2v) is 8.92. The van der Waals surface area contributed by atoms with E-state index in [-0.39, 0.29) is 17.9 Å². The maximum atomic E-state index is 13.5. The van der Waals surface area contributed by atoms with Crippen LogP contribution in [-0.2, 0) is 27.4 Å². The van der Waals surface area contributed by atoms with Gasteiger partial charge in [0, 0.05) is 19.8 Å². The number of carbonyl (C=O) groups is 2. The maximum absolute atomic E-state index is 13.5. The molecule has 1 aromatic carbocycles. The van der Waals surface area contributed by atoms with Gasteiger partial charge in [0.1, 0.15) is 11.9 Å². The maximum Gasteiger partial charge on any atom is 0.230 e. The van der Waals surface area contributed by atoms with Gasteiger partial charge in [0.15, 0.2) is 0 Å². The summed E-state index contributed by atoms with van der Waals surface area (Å²) in [5.41, 5.74) is 3.52. The standard InChI is InChI=1S/C24H26N4O3/c1-15-4-5-16(2)17(10-15)11-28-13-24-8-6-19(31-24)20(21(24)23(28)30)22(29)27(3)12-18-7-9-25-14-26-18/h4-10,14,19-21H,11-13H2,1-3H3/t19-,20-,21-,24-/m0/s1. The Kier molecular flexibility index (Phi) is 4.66. The second-order valence-electron chi connectivity index (χ2n) is 8.92. The third-order valence-electron chi connectivity index (χ3n) is 6.75. The van der Waals surface area contributed by atoms with E-state index in [0.29, 0.717) is 19.6 Å². The molecule has 1 spiro atoms. The Morgan fingerprint density at radius 3 is 2.94 bits per heavy atom. The molecule has 3 aliphatic heterocycles. The van der Waals surface area contributed by atoms with Gasteiger partial charge in [0.2, 0.25) is 11.8 Å². The first-order chi connectivity index (χ1) is 14.9. The largest absolute Gasteiger partial charge is 0.360 e. The minimum absolute atomic E-state index is 0.00143. The van der Waals surface area contributed by atoms with Crippen molar-refractivity contribution < 1.29 is 14.3 Å². The number of hydrogen-bond acceptors (Lipinski definition) is 5. The lowest BCUT2D eigenvalue weighted by Gasteiger charge is -2.27. The van der Waals surface area contributed by atoms with Crippen LogP contribution in [0.5, 0.6) is 0 Å². The summed E-state index contributed by atoms with van der Waals surface area (Å²) < 4.78 is 6.26. The fourth-order valence-corrected chi connectivity index (χ4v) is 5.16. The van der Waals surface area contributed by atoms with Gasteiger partial charge in [-0.05, 0) is 31.0 Å². The van der Waals surface area contributed by atoms with Crippen LogP contribution in [0.25, 0.3) is 0 Å². The Morgan fingerprint density at radius 1 is 1.32 bits per heavy atom. The summed E-state index contributed by atoms with van der Waals surface area (Å²) in [6.45, 7) is 5.50. The molecule has 4 atom stereocenters. The van der Waals surface area contributed by atoms with Crippen molar-refractivity contribution in [2.45, 2.75) is 38.6 Å². The molecular weight excluding hydrogens is 392 g/mol. The van der Waals surface area contributed by atoms with Crippen LogP contribution in [-0.4, -0.2) is 56.9 Å². The molecule has 0 saturated carbocycles. The lowest BCUT2D eigenvalue weighted by molar-refractivity contribution is -0.143. The highest BCUT2D eigenvalue weighted by Crippen LogP contribution is 2.52. The van der Waals surface area contributed by atoms with Crippen molar-refractivity contribution >= 4 is 11.8 Å². The van der Waals surface area contributed by atoms with E-state index in [4.69, 9.17) is 4.74 Å². The molecule has 0 unspecified atom stereocenters. The van der Waals surface area contributed by atoms with Gasteiger partial charge in [-0.1, -0.05) is 35.9 Å². The Bertz CT molecular complexity index is 1070. The molecule has 2 aromatic rings. The summed E-state index contributed by atoms with van der Waals surface area (Å²) in [7, 11) is 1.75. The van der Waals surface area contributed by atoms with Crippen molar-refractivity contribution in [2.24, 2.45) is 11.8 Å². The number of ether oxygens (including phenoxy) is 1. The molecule has 7 heteroatoms. The van der Waals surface area contributed by atoms with Crippen LogP contribution < -0.4 is 0 Å². The number of aromatic nitrogens is 2. The number of fused-ring (bicyclic) bond motifs is 1. The molecule has 7 nitrogen and oxygen atoms in total. The number of carbonyl (C=O) groups excluding carboxylic acids is 2. The van der Waals surface area contributed by atoms with E-state index >= 15 is 0 Å². The van der Waals surface area contributed by atoms with Crippen molar-refractivity contribution in [3.63, 3.8) is 0 Å². The quantitative estimate of drug-likeness (QED) is 0.695. The van der Waals surface area contributed by atoms with E-state index in [1.54, 1.807) is 24.2 Å². The average molecular weight is 418 g/mol. The molecule has 4 heterocycles. The lowest BCUT2D eigenvalue weighted by atomic mass is 9.76. The fraction of sp³-hybridized carbons (Fsp3) is 0.417. The predicted octanol–water partition coefficient (Wildman–Crippen LogP) is 2.03. The monoisotopic (exact) mass is 418 g/mol. The molecule has 2 bridgehead atoms. The summed E-state index contributed by atoms with van der Waals surface area (Å²) in [6.07, 6.45) is 6.73. The number of nitrogens with zero attached hydrogens (tertiary/aromatic N) is 4. The van der Waals surface area contributed by atoms with Crippen LogP contribution in [0.3, 0.4) is 0 Å². The fourth-order valence-electron chi connectivity index (χ4n) is 5.16. The van der Waals surface area contributed by atoms with Gasteiger partial charge in [-0.15, -0.1) is 0 Å². The van der Waals surface area contributed by atoms with Gasteiger partial charge in [0.05, 0.1) is 36.7 Å². The Balaban J connectivity index is 1.37. The number of benzene rings is 1. The summed E-state index contributed by atoms with van der Waals surface area (Å²) in [5.74, 6) is -1.07. The summed E-state index contributed by atoms with van der Waals surface area (Å²) >= 11 is 0. The zero-order valence-corrected chi connectivity index (χ0v) is 18.0. The normalized spacial score (nSPS) is 28.3. The van der Waals surface area contributed by atoms with Crippen LogP contribution in [0, 0.1) is 25.7 Å². The predicted molar refractivity (Wildman–Crippen MR) is 114 cm³/mol. The molecule has 31 heavy (non-hydrogen) atoms. The molecule has 2 fully saturated rings. The van der Waals surface area contributed by atoms with Crippen LogP contribution in [0.1, 0.15) is 22.4 Å². The van der Waals surface area contributed by atoms with Gasteiger partial charge in [-0.3, -0.25) is 9.59 Å². The number of likely N-dealkylation sites (tertiary alicyclic amines) is 1. The van der Waals surface area contributed by atoms with E-state index < -0.39 is 17.4 Å². The number of rotatable bonds is 5. The van der Waals surface area contributed by atoms with Crippen molar-refractivity contribution in [2.75, 3.05) is 13.6 Å². The highest BCUT2D eigenvalue weighted by Gasteiger charge is 2.67. The SMILES string of the molecule is Cc1ccc(C)c(CN2C[C@]34C=C[C@H](O3)[C@H](C(=O)N(C)Cc3ccncn3)[C@H]4C2=O)c1. The molecule has 0 N–H and O–H groups in total. The first kappa shape index (κ1) is 19.9. The van der Waals surface area contributed by atoms with Crippen molar-refractivity contribution in [3.05, 3.63) is 71.3 Å². The van der Waals surface area contributed by atoms with Gasteiger partial charge in [-0.2, -0.15) is 0 Å². The number of aryl methyl sites for hydroxylation is 2. The second kappa shape index (κ2) is 7.27. The van der Waals surface area contributed by atoms with Gasteiger partial charge in [0.25, 0.3) is 0 Å². The number of hydrogen-bond donors (Lipinski definition) is 0. The van der Waals surface area contributed by atoms with Crippen LogP contribution in [0.15, 0.2) is 48.9 Å². The smallest absolute Gasteiger partial charge is 0.230 e. The highest BCUT2D eigenvalue weighted by molar-refractivity contribution is 5.93. The molecule has 0 radical (unpaired) electrons. The lowest BCUT2D eigenvalue weighted by Crippen LogP contribution is -2.44. The van der Waals surface area contributed by atoms with E-state index in [2.05, 4.69) is 42.0 Å². The third-order valence-corrected chi connectivity index (χ3v) is 6.75. The minimum Gasteiger partial charge on any atom is -0.360 e. The van der Waals surface area contributed by atoms with Crippen molar-refractivity contribution in [1.82, 2.24) is 19.8 Å². The number of amides is 2. The molecular formula is C24H26N4O3. The molecule has 160 valence electrons. The summed E-state index contributed by atoms with van der Waals surface area (Å²) in [4.78, 5) is 38.5. The van der Waals surface area contributed by atoms with E-state index in [9.17, 15) is 9.59 Å². The Morgan fingerprint density at radius 2 is 2.16 bits per heavy atom. The topological polar surface area (TPSA) is 75.6 Å². The zero-order chi connectivity index (χ0) is 21.8. The Hall–Kier alpha value is -3.06. The first-order valence-corrected chi connectivity index (χ1v) is 10.6. The highest BCUT2D eigenvalue weighted by atomic mass is 16.5. The molecule has 3 aliphatic rings. The van der Waals surface area contributed by atoms with E-state index in [1.807, 2.05) is 17.1 Å². The average Bonchev–Trinajstić information content (AvgIpc) is 3.39. The molecule has 1 aromatic heterocycles. The minimum atomic E-state index is -0.699. The van der Waals surface area contributed by atoms with Crippen LogP contribution >= 0.6 is 0 Å². The van der Waals surface area contributed by atoms with Crippen LogP contribution in [0.2, 0.25) is 0 Å². The first-order valence-electron chi connectivity index (χ1n) is 10.6. The van der Waals surface area contributed by atoms with Gasteiger partial charge < -0.3 is 14.5 Å². The Labute approximate surface area is 181 Å². The van der Waals surface area contributed by atoms with Crippen molar-refractivity contribution in [1.29, 1.82) is 0 Å². The molecule has 2 saturated heterocycles. The van der Waals surface area contributed by atoms with Gasteiger partial charge in [-0.25, -0.2) is 9.97 Å². The van der Waals surface area contributed by atoms with Gasteiger partial charge >= 0.3 is 0 Å². The van der Waals surface area contributed by atoms with E-state index in [1.165, 1.54) is 11.9 Å². The summed E-state index contributed by atoms with van der Waals surface area (Å²) in [5, 5.41) is 0. The molecule has 0 aliphatic carbocycles. The third kappa shape index (κ3) is 3.24. The van der Waals surface area contributed by atoms with Crippen LogP contribution in [0.4, 0.5) is 0 Å². The zero-order valence-electron chi connectivity index (χ0n) is 18.0. The van der Waals surface area contributed by atoms with Crippen molar-refractivity contribution in [3.8, 4) is 0 Å². The molecule has 5 rings (SSSR count). The summed E-state index contributed by atoms with van der Waals surface area (Å²) in [6, 6.07) is 8.07. The molecule has 2 amide bonds.